The first-order valence-corrected chi connectivity index (χ1v) is 7.41. The van der Waals surface area contributed by atoms with Crippen molar-refractivity contribution in [1.29, 1.82) is 0 Å². The molecule has 7 heteroatoms. The van der Waals surface area contributed by atoms with Crippen LogP contribution in [-0.2, 0) is 19.0 Å². The Morgan fingerprint density at radius 1 is 1.24 bits per heavy atom. The van der Waals surface area contributed by atoms with Crippen LogP contribution in [0, 0.1) is 0 Å². The summed E-state index contributed by atoms with van der Waals surface area (Å²) in [4.78, 5) is 12.1. The van der Waals surface area contributed by atoms with E-state index in [1.807, 2.05) is 0 Å². The maximum Gasteiger partial charge on any atom is 0.256 e. The van der Waals surface area contributed by atoms with Gasteiger partial charge < -0.3 is 29.5 Å². The van der Waals surface area contributed by atoms with Crippen LogP contribution in [-0.4, -0.2) is 71.1 Å². The maximum atomic E-state index is 12.1. The molecule has 21 heavy (non-hydrogen) atoms. The van der Waals surface area contributed by atoms with Gasteiger partial charge in [-0.2, -0.15) is 0 Å². The lowest BCUT2D eigenvalue weighted by Crippen LogP contribution is -2.68. The minimum atomic E-state index is -2.38. The lowest BCUT2D eigenvalue weighted by Gasteiger charge is -2.46. The van der Waals surface area contributed by atoms with Crippen molar-refractivity contribution < 1.29 is 34.3 Å². The molecule has 1 rings (SSSR count). The van der Waals surface area contributed by atoms with Crippen molar-refractivity contribution in [3.8, 4) is 0 Å². The van der Waals surface area contributed by atoms with E-state index in [0.717, 1.165) is 0 Å². The highest BCUT2D eigenvalue weighted by molar-refractivity contribution is 5.86. The second-order valence-corrected chi connectivity index (χ2v) is 5.04. The van der Waals surface area contributed by atoms with Gasteiger partial charge in [0, 0.05) is 19.6 Å². The van der Waals surface area contributed by atoms with Crippen molar-refractivity contribution in [2.75, 3.05) is 19.8 Å². The van der Waals surface area contributed by atoms with E-state index in [0.29, 0.717) is 13.0 Å². The quantitative estimate of drug-likeness (QED) is 0.560. The zero-order chi connectivity index (χ0) is 16.0. The zero-order valence-electron chi connectivity index (χ0n) is 12.8. The lowest BCUT2D eigenvalue weighted by atomic mass is 9.88. The molecule has 0 aliphatic carbocycles. The first-order valence-electron chi connectivity index (χ1n) is 7.41. The number of aliphatic hydroxyl groups excluding tert-OH is 2. The third kappa shape index (κ3) is 4.00. The zero-order valence-corrected chi connectivity index (χ0v) is 12.8. The molecule has 124 valence electrons. The summed E-state index contributed by atoms with van der Waals surface area (Å²) in [7, 11) is 0. The van der Waals surface area contributed by atoms with Gasteiger partial charge in [0.15, 0.2) is 5.78 Å². The summed E-state index contributed by atoms with van der Waals surface area (Å²) in [5.74, 6) is -3.01. The number of ketones is 1. The summed E-state index contributed by atoms with van der Waals surface area (Å²) < 4.78 is 15.8. The first-order chi connectivity index (χ1) is 9.92. The number of ether oxygens (including phenoxy) is 3. The van der Waals surface area contributed by atoms with E-state index >= 15 is 0 Å². The van der Waals surface area contributed by atoms with Crippen molar-refractivity contribution in [2.24, 2.45) is 0 Å². The van der Waals surface area contributed by atoms with Gasteiger partial charge in [0.05, 0.1) is 6.61 Å². The number of carbonyl (C=O) groups excluding carboxylic acids is 1. The van der Waals surface area contributed by atoms with E-state index in [9.17, 15) is 20.1 Å². The second kappa shape index (κ2) is 8.17. The number of aliphatic hydroxyl groups is 3. The maximum absolute atomic E-state index is 12.1. The van der Waals surface area contributed by atoms with E-state index in [-0.39, 0.29) is 19.6 Å². The molecule has 0 radical (unpaired) electrons. The molecule has 1 heterocycles. The monoisotopic (exact) mass is 306 g/mol. The molecule has 0 saturated carbocycles. The van der Waals surface area contributed by atoms with Crippen molar-refractivity contribution >= 4 is 5.78 Å². The Labute approximate surface area is 124 Å². The molecule has 0 spiro atoms. The van der Waals surface area contributed by atoms with Gasteiger partial charge in [-0.25, -0.2) is 0 Å². The summed E-state index contributed by atoms with van der Waals surface area (Å²) in [5.41, 5.74) is 0. The van der Waals surface area contributed by atoms with Crippen molar-refractivity contribution in [3.63, 3.8) is 0 Å². The summed E-state index contributed by atoms with van der Waals surface area (Å²) in [6, 6.07) is 0. The summed E-state index contributed by atoms with van der Waals surface area (Å²) >= 11 is 0. The van der Waals surface area contributed by atoms with Gasteiger partial charge in [-0.05, 0) is 20.3 Å². The fraction of sp³-hybridized carbons (Fsp3) is 0.929. The first kappa shape index (κ1) is 18.5. The molecule has 3 N–H and O–H groups in total. The van der Waals surface area contributed by atoms with E-state index in [2.05, 4.69) is 0 Å². The van der Waals surface area contributed by atoms with Gasteiger partial charge in [0.2, 0.25) is 0 Å². The standard InChI is InChI=1S/C14H26O7/c1-4-7-10(15)14(18)13(17)12(20-6-3)11(16)9(21-14)8-19-5-2/h9,11-13,16-18H,4-8H2,1-3H3/t9-,11-,12+,13-,14?/m1/s1. The Kier molecular flexibility index (Phi) is 7.19. The number of hydrogen-bond donors (Lipinski definition) is 3. The SMILES string of the molecule is CCCC(=O)C1(O)O[C@H](COCC)[C@@H](O)[C@H](OCC)[C@H]1O. The Morgan fingerprint density at radius 2 is 1.90 bits per heavy atom. The molecular weight excluding hydrogens is 280 g/mol. The second-order valence-electron chi connectivity index (χ2n) is 5.04. The van der Waals surface area contributed by atoms with Crippen molar-refractivity contribution in [2.45, 2.75) is 63.8 Å². The van der Waals surface area contributed by atoms with Crippen molar-refractivity contribution in [3.05, 3.63) is 0 Å². The van der Waals surface area contributed by atoms with Gasteiger partial charge in [0.25, 0.3) is 5.79 Å². The largest absolute Gasteiger partial charge is 0.387 e. The highest BCUT2D eigenvalue weighted by atomic mass is 16.7. The topological polar surface area (TPSA) is 105 Å². The van der Waals surface area contributed by atoms with Crippen LogP contribution in [0.25, 0.3) is 0 Å². The van der Waals surface area contributed by atoms with Crippen LogP contribution in [0.5, 0.6) is 0 Å². The highest BCUT2D eigenvalue weighted by Crippen LogP contribution is 2.32. The molecule has 0 aromatic heterocycles. The fourth-order valence-electron chi connectivity index (χ4n) is 2.38. The minimum absolute atomic E-state index is 0.00429. The number of hydrogen-bond acceptors (Lipinski definition) is 7. The molecule has 0 amide bonds. The Hall–Kier alpha value is -0.570. The Morgan fingerprint density at radius 3 is 2.43 bits per heavy atom. The molecule has 1 saturated heterocycles. The molecular formula is C14H26O7. The predicted octanol–water partition coefficient (Wildman–Crippen LogP) is -0.394. The van der Waals surface area contributed by atoms with Crippen LogP contribution < -0.4 is 0 Å². The molecule has 7 nitrogen and oxygen atoms in total. The number of rotatable bonds is 8. The van der Waals surface area contributed by atoms with E-state index in [1.165, 1.54) is 0 Å². The van der Waals surface area contributed by atoms with Crippen molar-refractivity contribution in [1.82, 2.24) is 0 Å². The molecule has 0 aromatic carbocycles. The average Bonchev–Trinajstić information content (AvgIpc) is 2.46. The third-order valence-corrected chi connectivity index (χ3v) is 3.48. The van der Waals surface area contributed by atoms with Crippen LogP contribution in [0.15, 0.2) is 0 Å². The summed E-state index contributed by atoms with van der Waals surface area (Å²) in [6.07, 6.45) is -4.33. The van der Waals surface area contributed by atoms with Gasteiger partial charge in [0.1, 0.15) is 24.4 Å². The molecule has 5 atom stereocenters. The van der Waals surface area contributed by atoms with Crippen LogP contribution in [0.3, 0.4) is 0 Å². The van der Waals surface area contributed by atoms with Gasteiger partial charge in [-0.1, -0.05) is 6.92 Å². The van der Waals surface area contributed by atoms with E-state index < -0.39 is 36.0 Å². The number of carbonyl (C=O) groups is 1. The van der Waals surface area contributed by atoms with Crippen LogP contribution in [0.4, 0.5) is 0 Å². The molecule has 0 aromatic rings. The van der Waals surface area contributed by atoms with Crippen LogP contribution >= 0.6 is 0 Å². The van der Waals surface area contributed by atoms with Gasteiger partial charge in [-0.3, -0.25) is 4.79 Å². The summed E-state index contributed by atoms with van der Waals surface area (Å²) in [5, 5.41) is 30.9. The highest BCUT2D eigenvalue weighted by Gasteiger charge is 2.57. The smallest absolute Gasteiger partial charge is 0.256 e. The van der Waals surface area contributed by atoms with Crippen LogP contribution in [0.1, 0.15) is 33.6 Å². The molecule has 1 aliphatic rings. The Balaban J connectivity index is 2.98. The van der Waals surface area contributed by atoms with Crippen LogP contribution in [0.2, 0.25) is 0 Å². The predicted molar refractivity (Wildman–Crippen MR) is 73.7 cm³/mol. The summed E-state index contributed by atoms with van der Waals surface area (Å²) in [6.45, 7) is 5.87. The molecule has 0 bridgehead atoms. The average molecular weight is 306 g/mol. The van der Waals surface area contributed by atoms with E-state index in [4.69, 9.17) is 14.2 Å². The molecule has 1 unspecified atom stereocenters. The van der Waals surface area contributed by atoms with Gasteiger partial charge >= 0.3 is 0 Å². The van der Waals surface area contributed by atoms with E-state index in [1.54, 1.807) is 20.8 Å². The third-order valence-electron chi connectivity index (χ3n) is 3.48. The molecule has 1 aliphatic heterocycles. The number of Topliss-reactive ketones (excluding diaryl/α,β-unsaturated/α-hetero) is 1. The van der Waals surface area contributed by atoms with Gasteiger partial charge in [-0.15, -0.1) is 0 Å². The Bertz CT molecular complexity index is 335. The minimum Gasteiger partial charge on any atom is -0.387 e. The normalized spacial score (nSPS) is 36.7. The lowest BCUT2D eigenvalue weighted by molar-refractivity contribution is -0.337. The fourth-order valence-corrected chi connectivity index (χ4v) is 2.38. The molecule has 1 fully saturated rings.